The summed E-state index contributed by atoms with van der Waals surface area (Å²) >= 11 is 9.08. The fraction of sp³-hybridized carbons (Fsp3) is 0.455. The van der Waals surface area contributed by atoms with Crippen molar-refractivity contribution in [3.63, 3.8) is 0 Å². The Labute approximate surface area is 121 Å². The van der Waals surface area contributed by atoms with Crippen molar-refractivity contribution in [1.82, 2.24) is 4.72 Å². The van der Waals surface area contributed by atoms with Crippen LogP contribution in [0.4, 0.5) is 0 Å². The third-order valence-corrected chi connectivity index (χ3v) is 5.12. The highest BCUT2D eigenvalue weighted by Gasteiger charge is 2.18. The average Bonchev–Trinajstić information content (AvgIpc) is 2.32. The summed E-state index contributed by atoms with van der Waals surface area (Å²) in [6, 6.07) is 3.40. The standard InChI is InChI=1S/C11H15BrClNO3S/c1-8-10(12)5-9(7-13)6-11(8)18(15,16)14-3-4-17-2/h5-6,14H,3-4,7H2,1-2H3. The zero-order chi connectivity index (χ0) is 13.8. The molecule has 0 aromatic heterocycles. The molecule has 1 N–H and O–H groups in total. The lowest BCUT2D eigenvalue weighted by atomic mass is 10.2. The van der Waals surface area contributed by atoms with Crippen molar-refractivity contribution in [2.45, 2.75) is 17.7 Å². The number of nitrogens with one attached hydrogen (secondary N) is 1. The van der Waals surface area contributed by atoms with Crippen LogP contribution < -0.4 is 4.72 Å². The lowest BCUT2D eigenvalue weighted by Gasteiger charge is -2.12. The van der Waals surface area contributed by atoms with Crippen molar-refractivity contribution >= 4 is 37.6 Å². The van der Waals surface area contributed by atoms with E-state index in [1.54, 1.807) is 13.0 Å². The van der Waals surface area contributed by atoms with Crippen molar-refractivity contribution in [3.8, 4) is 0 Å². The molecule has 0 radical (unpaired) electrons. The highest BCUT2D eigenvalue weighted by molar-refractivity contribution is 9.10. The molecule has 4 nitrogen and oxygen atoms in total. The third kappa shape index (κ3) is 3.93. The summed E-state index contributed by atoms with van der Waals surface area (Å²) in [6.07, 6.45) is 0. The number of methoxy groups -OCH3 is 1. The Kier molecular flexibility index (Phi) is 6.07. The van der Waals surface area contributed by atoms with Gasteiger partial charge in [-0.1, -0.05) is 15.9 Å². The van der Waals surface area contributed by atoms with Gasteiger partial charge in [0.1, 0.15) is 0 Å². The van der Waals surface area contributed by atoms with Gasteiger partial charge in [0.25, 0.3) is 0 Å². The third-order valence-electron chi connectivity index (χ3n) is 2.40. The molecule has 0 spiro atoms. The number of hydrogen-bond donors (Lipinski definition) is 1. The summed E-state index contributed by atoms with van der Waals surface area (Å²) < 4.78 is 32.3. The second kappa shape index (κ2) is 6.86. The number of halogens is 2. The molecular weight excluding hydrogens is 342 g/mol. The number of alkyl halides is 1. The van der Waals surface area contributed by atoms with Gasteiger partial charge in [0.15, 0.2) is 0 Å². The SMILES string of the molecule is COCCNS(=O)(=O)c1cc(CCl)cc(Br)c1C. The summed E-state index contributed by atoms with van der Waals surface area (Å²) in [5, 5.41) is 0. The van der Waals surface area contributed by atoms with Crippen molar-refractivity contribution < 1.29 is 13.2 Å². The van der Waals surface area contributed by atoms with E-state index in [9.17, 15) is 8.42 Å². The van der Waals surface area contributed by atoms with Crippen LogP contribution in [-0.2, 0) is 20.6 Å². The topological polar surface area (TPSA) is 55.4 Å². The molecule has 18 heavy (non-hydrogen) atoms. The van der Waals surface area contributed by atoms with Crippen LogP contribution in [0.1, 0.15) is 11.1 Å². The number of hydrogen-bond acceptors (Lipinski definition) is 3. The van der Waals surface area contributed by atoms with Crippen LogP contribution in [0.2, 0.25) is 0 Å². The van der Waals surface area contributed by atoms with E-state index >= 15 is 0 Å². The molecule has 0 aliphatic rings. The Morgan fingerprint density at radius 1 is 1.44 bits per heavy atom. The number of ether oxygens (including phenoxy) is 1. The van der Waals surface area contributed by atoms with E-state index in [1.807, 2.05) is 6.07 Å². The first-order valence-electron chi connectivity index (χ1n) is 5.26. The molecule has 1 aromatic rings. The van der Waals surface area contributed by atoms with Gasteiger partial charge in [0.05, 0.1) is 11.5 Å². The molecule has 0 atom stereocenters. The molecular formula is C11H15BrClNO3S. The molecule has 0 heterocycles. The molecule has 0 saturated heterocycles. The van der Waals surface area contributed by atoms with Crippen molar-refractivity contribution in [1.29, 1.82) is 0 Å². The van der Waals surface area contributed by atoms with Gasteiger partial charge in [-0.25, -0.2) is 13.1 Å². The molecule has 0 unspecified atom stereocenters. The normalized spacial score (nSPS) is 11.8. The van der Waals surface area contributed by atoms with Crippen molar-refractivity contribution in [2.75, 3.05) is 20.3 Å². The predicted molar refractivity (Wildman–Crippen MR) is 75.5 cm³/mol. The van der Waals surface area contributed by atoms with E-state index < -0.39 is 10.0 Å². The lowest BCUT2D eigenvalue weighted by Crippen LogP contribution is -2.28. The fourth-order valence-corrected chi connectivity index (χ4v) is 3.54. The first kappa shape index (κ1) is 15.9. The van der Waals surface area contributed by atoms with E-state index in [4.69, 9.17) is 16.3 Å². The Morgan fingerprint density at radius 2 is 2.11 bits per heavy atom. The highest BCUT2D eigenvalue weighted by atomic mass is 79.9. The largest absolute Gasteiger partial charge is 0.383 e. The van der Waals surface area contributed by atoms with Crippen LogP contribution in [0, 0.1) is 6.92 Å². The smallest absolute Gasteiger partial charge is 0.240 e. The fourth-order valence-electron chi connectivity index (χ4n) is 1.42. The van der Waals surface area contributed by atoms with Crippen LogP contribution in [0.3, 0.4) is 0 Å². The number of benzene rings is 1. The van der Waals surface area contributed by atoms with Gasteiger partial charge in [-0.15, -0.1) is 11.6 Å². The predicted octanol–water partition coefficient (Wildman–Crippen LogP) is 2.42. The zero-order valence-corrected chi connectivity index (χ0v) is 13.3. The molecule has 102 valence electrons. The quantitative estimate of drug-likeness (QED) is 0.629. The molecule has 0 saturated carbocycles. The van der Waals surface area contributed by atoms with Gasteiger partial charge in [-0.2, -0.15) is 0 Å². The highest BCUT2D eigenvalue weighted by Crippen LogP contribution is 2.26. The van der Waals surface area contributed by atoms with Crippen molar-refractivity contribution in [2.24, 2.45) is 0 Å². The van der Waals surface area contributed by atoms with Gasteiger partial charge >= 0.3 is 0 Å². The first-order chi connectivity index (χ1) is 8.42. The Bertz CT molecular complexity index is 519. The summed E-state index contributed by atoms with van der Waals surface area (Å²) in [6.45, 7) is 2.31. The Balaban J connectivity index is 3.11. The zero-order valence-electron chi connectivity index (χ0n) is 10.2. The minimum Gasteiger partial charge on any atom is -0.383 e. The van der Waals surface area contributed by atoms with Gasteiger partial charge in [-0.3, -0.25) is 0 Å². The average molecular weight is 357 g/mol. The maximum Gasteiger partial charge on any atom is 0.240 e. The van der Waals surface area contributed by atoms with Gasteiger partial charge in [0.2, 0.25) is 10.0 Å². The minimum atomic E-state index is -3.54. The van der Waals surface area contributed by atoms with Crippen molar-refractivity contribution in [3.05, 3.63) is 27.7 Å². The van der Waals surface area contributed by atoms with Crippen LogP contribution in [0.5, 0.6) is 0 Å². The van der Waals surface area contributed by atoms with Crippen LogP contribution >= 0.6 is 27.5 Å². The Morgan fingerprint density at radius 3 is 2.67 bits per heavy atom. The van der Waals surface area contributed by atoms with Crippen LogP contribution in [-0.4, -0.2) is 28.7 Å². The van der Waals surface area contributed by atoms with Gasteiger partial charge < -0.3 is 4.74 Å². The van der Waals surface area contributed by atoms with E-state index in [2.05, 4.69) is 20.7 Å². The van der Waals surface area contributed by atoms with E-state index in [-0.39, 0.29) is 17.3 Å². The summed E-state index contributed by atoms with van der Waals surface area (Å²) in [5.74, 6) is 0.263. The molecule has 1 aromatic carbocycles. The van der Waals surface area contributed by atoms with E-state index in [0.29, 0.717) is 12.2 Å². The Hall–Kier alpha value is -0.140. The summed E-state index contributed by atoms with van der Waals surface area (Å²) in [5.41, 5.74) is 1.41. The molecule has 0 aliphatic carbocycles. The first-order valence-corrected chi connectivity index (χ1v) is 8.07. The molecule has 0 bridgehead atoms. The monoisotopic (exact) mass is 355 g/mol. The molecule has 0 aliphatic heterocycles. The second-order valence-corrected chi connectivity index (χ2v) is 6.58. The minimum absolute atomic E-state index is 0.237. The number of rotatable bonds is 6. The maximum absolute atomic E-state index is 12.1. The molecule has 0 fully saturated rings. The summed E-state index contributed by atoms with van der Waals surface area (Å²) in [4.78, 5) is 0.239. The van der Waals surface area contributed by atoms with E-state index in [1.165, 1.54) is 7.11 Å². The molecule has 7 heteroatoms. The van der Waals surface area contributed by atoms with Gasteiger partial charge in [0, 0.05) is 24.0 Å². The number of sulfonamides is 1. The van der Waals surface area contributed by atoms with Crippen LogP contribution in [0.25, 0.3) is 0 Å². The van der Waals surface area contributed by atoms with Crippen LogP contribution in [0.15, 0.2) is 21.5 Å². The van der Waals surface area contributed by atoms with Gasteiger partial charge in [-0.05, 0) is 30.2 Å². The maximum atomic E-state index is 12.1. The van der Waals surface area contributed by atoms with E-state index in [0.717, 1.165) is 10.0 Å². The molecule has 1 rings (SSSR count). The second-order valence-electron chi connectivity index (χ2n) is 3.72. The lowest BCUT2D eigenvalue weighted by molar-refractivity contribution is 0.204. The summed E-state index contributed by atoms with van der Waals surface area (Å²) in [7, 11) is -2.02. The molecule has 0 amide bonds.